The average Bonchev–Trinajstić information content (AvgIpc) is 2.63. The molecule has 0 atom stereocenters. The molecule has 0 heterocycles. The molecular formula is C17H28N2O6. The molecule has 0 aliphatic heterocycles. The summed E-state index contributed by atoms with van der Waals surface area (Å²) in [6, 6.07) is 9.00. The quantitative estimate of drug-likeness (QED) is 0.391. The summed E-state index contributed by atoms with van der Waals surface area (Å²) in [6.07, 6.45) is 1.91. The number of nitrogens with one attached hydrogen (secondary N) is 1. The number of ether oxygens (including phenoxy) is 1. The fourth-order valence-electron chi connectivity index (χ4n) is 1.60. The van der Waals surface area contributed by atoms with Gasteiger partial charge in [-0.2, -0.15) is 0 Å². The van der Waals surface area contributed by atoms with E-state index in [0.29, 0.717) is 13.0 Å². The number of carbonyl (C=O) groups excluding carboxylic acids is 1. The van der Waals surface area contributed by atoms with Crippen LogP contribution >= 0.6 is 0 Å². The zero-order valence-electron chi connectivity index (χ0n) is 14.3. The van der Waals surface area contributed by atoms with E-state index in [1.165, 1.54) is 0 Å². The minimum atomic E-state index is -0.782. The molecule has 25 heavy (non-hydrogen) atoms. The molecule has 0 fully saturated rings. The number of carboxylic acid groups (broad SMARTS) is 1. The molecule has 0 spiro atoms. The van der Waals surface area contributed by atoms with E-state index in [-0.39, 0.29) is 26.2 Å². The highest BCUT2D eigenvalue weighted by Crippen LogP contribution is 2.01. The van der Waals surface area contributed by atoms with Crippen molar-refractivity contribution in [2.24, 2.45) is 5.73 Å². The summed E-state index contributed by atoms with van der Waals surface area (Å²) in [5, 5.41) is 27.2. The van der Waals surface area contributed by atoms with Crippen molar-refractivity contribution in [3.63, 3.8) is 0 Å². The number of carbonyl (C=O) groups is 2. The van der Waals surface area contributed by atoms with Crippen LogP contribution < -0.4 is 11.1 Å². The number of aliphatic hydroxyl groups excluding tert-OH is 2. The summed E-state index contributed by atoms with van der Waals surface area (Å²) >= 11 is 0. The predicted molar refractivity (Wildman–Crippen MR) is 92.9 cm³/mol. The molecule has 142 valence electrons. The fraction of sp³-hybridized carbons (Fsp3) is 0.529. The highest BCUT2D eigenvalue weighted by atomic mass is 16.5. The summed E-state index contributed by atoms with van der Waals surface area (Å²) in [5.41, 5.74) is 5.92. The minimum absolute atomic E-state index is 0.142. The monoisotopic (exact) mass is 356 g/mol. The van der Waals surface area contributed by atoms with Gasteiger partial charge in [0.15, 0.2) is 0 Å². The number of rotatable bonds is 10. The summed E-state index contributed by atoms with van der Waals surface area (Å²) in [6.45, 7) is 0.478. The van der Waals surface area contributed by atoms with Crippen LogP contribution in [0.3, 0.4) is 0 Å². The third-order valence-electron chi connectivity index (χ3n) is 3.02. The van der Waals surface area contributed by atoms with E-state index in [0.717, 1.165) is 18.4 Å². The van der Waals surface area contributed by atoms with E-state index in [2.05, 4.69) is 5.32 Å². The Hall–Kier alpha value is -2.16. The lowest BCUT2D eigenvalue weighted by molar-refractivity contribution is -0.137. The SMILES string of the molecule is NC(CO)CO.O=C(O)CCCCCNC(=O)OCc1ccccc1. The van der Waals surface area contributed by atoms with Gasteiger partial charge in [-0.3, -0.25) is 4.79 Å². The third-order valence-corrected chi connectivity index (χ3v) is 3.02. The molecule has 0 bridgehead atoms. The second-order valence-corrected chi connectivity index (χ2v) is 5.32. The van der Waals surface area contributed by atoms with Crippen LogP contribution in [0.25, 0.3) is 0 Å². The molecule has 0 unspecified atom stereocenters. The number of unbranched alkanes of at least 4 members (excludes halogenated alkanes) is 2. The van der Waals surface area contributed by atoms with Gasteiger partial charge in [-0.15, -0.1) is 0 Å². The Morgan fingerprint density at radius 3 is 2.24 bits per heavy atom. The number of nitrogens with two attached hydrogens (primary N) is 1. The van der Waals surface area contributed by atoms with Gasteiger partial charge in [0.25, 0.3) is 0 Å². The maximum Gasteiger partial charge on any atom is 0.407 e. The molecule has 0 saturated carbocycles. The van der Waals surface area contributed by atoms with E-state index in [1.54, 1.807) is 0 Å². The normalized spacial score (nSPS) is 9.92. The van der Waals surface area contributed by atoms with Crippen LogP contribution in [0.1, 0.15) is 31.2 Å². The van der Waals surface area contributed by atoms with E-state index in [4.69, 9.17) is 25.8 Å². The van der Waals surface area contributed by atoms with Gasteiger partial charge in [-0.1, -0.05) is 36.8 Å². The number of alkyl carbamates (subject to hydrolysis) is 1. The highest BCUT2D eigenvalue weighted by Gasteiger charge is 2.02. The molecule has 8 heteroatoms. The number of benzene rings is 1. The Labute approximate surface area is 147 Å². The van der Waals surface area contributed by atoms with Gasteiger partial charge in [-0.05, 0) is 18.4 Å². The molecule has 8 nitrogen and oxygen atoms in total. The van der Waals surface area contributed by atoms with Gasteiger partial charge in [-0.25, -0.2) is 4.79 Å². The number of aliphatic hydroxyl groups is 2. The van der Waals surface area contributed by atoms with Gasteiger partial charge in [0.05, 0.1) is 19.3 Å². The summed E-state index contributed by atoms with van der Waals surface area (Å²) < 4.78 is 5.03. The number of amides is 1. The van der Waals surface area contributed by atoms with Crippen molar-refractivity contribution in [1.82, 2.24) is 5.32 Å². The summed E-state index contributed by atoms with van der Waals surface area (Å²) in [4.78, 5) is 21.6. The van der Waals surface area contributed by atoms with Crippen LogP contribution in [0.15, 0.2) is 30.3 Å². The highest BCUT2D eigenvalue weighted by molar-refractivity contribution is 5.67. The standard InChI is InChI=1S/C14H19NO4.C3H9NO2/c16-13(17)9-5-2-6-10-15-14(18)19-11-12-7-3-1-4-8-12;4-3(1-5)2-6/h1,3-4,7-8H,2,5-6,9-11H2,(H,15,18)(H,16,17);3,5-6H,1-2,4H2. The van der Waals surface area contributed by atoms with Gasteiger partial charge < -0.3 is 31.1 Å². The predicted octanol–water partition coefficient (Wildman–Crippen LogP) is 0.856. The smallest absolute Gasteiger partial charge is 0.407 e. The Morgan fingerprint density at radius 1 is 1.08 bits per heavy atom. The molecule has 1 aromatic carbocycles. The first-order valence-electron chi connectivity index (χ1n) is 8.13. The zero-order chi connectivity index (χ0) is 18.9. The van der Waals surface area contributed by atoms with E-state index in [1.807, 2.05) is 30.3 Å². The second-order valence-electron chi connectivity index (χ2n) is 5.32. The van der Waals surface area contributed by atoms with Crippen molar-refractivity contribution in [3.8, 4) is 0 Å². The van der Waals surface area contributed by atoms with Crippen molar-refractivity contribution in [1.29, 1.82) is 0 Å². The van der Waals surface area contributed by atoms with E-state index in [9.17, 15) is 9.59 Å². The minimum Gasteiger partial charge on any atom is -0.481 e. The lowest BCUT2D eigenvalue weighted by atomic mass is 10.2. The third kappa shape index (κ3) is 15.1. The number of hydrogen-bond donors (Lipinski definition) is 5. The first-order valence-corrected chi connectivity index (χ1v) is 8.13. The maximum atomic E-state index is 11.3. The van der Waals surface area contributed by atoms with Crippen LogP contribution in [0.2, 0.25) is 0 Å². The van der Waals surface area contributed by atoms with Crippen LogP contribution in [0.4, 0.5) is 4.79 Å². The first kappa shape index (κ1) is 22.8. The first-order chi connectivity index (χ1) is 12.0. The van der Waals surface area contributed by atoms with Crippen LogP contribution in [-0.4, -0.2) is 53.2 Å². The Kier molecular flexibility index (Phi) is 14.0. The number of hydrogen-bond acceptors (Lipinski definition) is 6. The van der Waals surface area contributed by atoms with Crippen LogP contribution in [-0.2, 0) is 16.1 Å². The molecule has 0 aliphatic carbocycles. The zero-order valence-corrected chi connectivity index (χ0v) is 14.3. The Bertz CT molecular complexity index is 465. The van der Waals surface area contributed by atoms with Crippen LogP contribution in [0, 0.1) is 0 Å². The summed E-state index contributed by atoms with van der Waals surface area (Å²) in [7, 11) is 0. The molecule has 0 aromatic heterocycles. The molecule has 1 rings (SSSR count). The lowest BCUT2D eigenvalue weighted by Crippen LogP contribution is -2.27. The molecule has 0 aliphatic rings. The van der Waals surface area contributed by atoms with Crippen molar-refractivity contribution in [2.45, 2.75) is 38.3 Å². The average molecular weight is 356 g/mol. The van der Waals surface area contributed by atoms with Crippen molar-refractivity contribution in [2.75, 3.05) is 19.8 Å². The molecule has 0 radical (unpaired) electrons. The second kappa shape index (κ2) is 15.4. The van der Waals surface area contributed by atoms with E-state index >= 15 is 0 Å². The van der Waals surface area contributed by atoms with Crippen LogP contribution in [0.5, 0.6) is 0 Å². The van der Waals surface area contributed by atoms with Crippen molar-refractivity contribution in [3.05, 3.63) is 35.9 Å². The molecule has 1 aromatic rings. The van der Waals surface area contributed by atoms with E-state index < -0.39 is 18.1 Å². The van der Waals surface area contributed by atoms with Crippen molar-refractivity contribution >= 4 is 12.1 Å². The molecule has 6 N–H and O–H groups in total. The van der Waals surface area contributed by atoms with Gasteiger partial charge >= 0.3 is 12.1 Å². The molecule has 0 saturated heterocycles. The number of carboxylic acids is 1. The van der Waals surface area contributed by atoms with Gasteiger partial charge in [0.2, 0.25) is 0 Å². The number of aliphatic carboxylic acids is 1. The maximum absolute atomic E-state index is 11.3. The largest absolute Gasteiger partial charge is 0.481 e. The fourth-order valence-corrected chi connectivity index (χ4v) is 1.60. The topological polar surface area (TPSA) is 142 Å². The molecule has 1 amide bonds. The van der Waals surface area contributed by atoms with Gasteiger partial charge in [0.1, 0.15) is 6.61 Å². The molecular weight excluding hydrogens is 328 g/mol. The van der Waals surface area contributed by atoms with Gasteiger partial charge in [0, 0.05) is 13.0 Å². The lowest BCUT2D eigenvalue weighted by Gasteiger charge is -2.06. The van der Waals surface area contributed by atoms with Crippen molar-refractivity contribution < 1.29 is 29.6 Å². The summed E-state index contributed by atoms with van der Waals surface area (Å²) in [5.74, 6) is -0.782. The Balaban J connectivity index is 0.000000823. The Morgan fingerprint density at radius 2 is 1.72 bits per heavy atom.